The average Bonchev–Trinajstić information content (AvgIpc) is 2.42. The summed E-state index contributed by atoms with van der Waals surface area (Å²) < 4.78 is 0. The molecule has 0 aliphatic heterocycles. The van der Waals surface area contributed by atoms with E-state index in [1.165, 1.54) is 44.3 Å². The number of hydrogen-bond donors (Lipinski definition) is 0. The smallest absolute Gasteiger partial charge is 0.0712 e. The van der Waals surface area contributed by atoms with E-state index in [1.54, 1.807) is 0 Å². The van der Waals surface area contributed by atoms with Crippen molar-refractivity contribution < 1.29 is 0 Å². The molecule has 0 aliphatic rings. The molecule has 0 amide bonds. The van der Waals surface area contributed by atoms with Crippen molar-refractivity contribution in [2.45, 2.75) is 44.9 Å². The minimum Gasteiger partial charge on any atom is -0.302 e. The first-order valence-corrected chi connectivity index (χ1v) is 7.63. The summed E-state index contributed by atoms with van der Waals surface area (Å²) in [4.78, 5) is 2.51. The summed E-state index contributed by atoms with van der Waals surface area (Å²) >= 11 is 6.52. The van der Waals surface area contributed by atoms with Gasteiger partial charge in [0, 0.05) is 6.54 Å². The number of rotatable bonds is 9. The molecule has 0 aromatic heterocycles. The molecule has 1 unspecified atom stereocenters. The predicted molar refractivity (Wildman–Crippen MR) is 81.3 cm³/mol. The van der Waals surface area contributed by atoms with Crippen molar-refractivity contribution >= 4 is 11.6 Å². The maximum absolute atomic E-state index is 6.52. The molecule has 0 spiro atoms. The first-order chi connectivity index (χ1) is 8.77. The fourth-order valence-electron chi connectivity index (χ4n) is 2.05. The molecule has 0 fully saturated rings. The van der Waals surface area contributed by atoms with E-state index < -0.39 is 0 Å². The summed E-state index contributed by atoms with van der Waals surface area (Å²) in [5.74, 6) is 0. The van der Waals surface area contributed by atoms with Crippen molar-refractivity contribution in [2.75, 3.05) is 19.6 Å². The molecule has 1 aromatic carbocycles. The van der Waals surface area contributed by atoms with Crippen LogP contribution in [0, 0.1) is 0 Å². The monoisotopic (exact) mass is 267 g/mol. The van der Waals surface area contributed by atoms with E-state index in [2.05, 4.69) is 43.0 Å². The molecule has 1 rings (SSSR count). The van der Waals surface area contributed by atoms with Crippen LogP contribution in [-0.2, 0) is 0 Å². The maximum atomic E-state index is 6.52. The number of benzene rings is 1. The number of alkyl halides is 1. The quantitative estimate of drug-likeness (QED) is 0.577. The SMILES string of the molecule is CCCCN(CCCC)CC(Cl)c1ccccc1. The van der Waals surface area contributed by atoms with Gasteiger partial charge in [-0.25, -0.2) is 0 Å². The second-order valence-electron chi connectivity index (χ2n) is 4.89. The van der Waals surface area contributed by atoms with E-state index in [1.807, 2.05) is 6.07 Å². The Morgan fingerprint density at radius 2 is 1.56 bits per heavy atom. The average molecular weight is 268 g/mol. The molecule has 0 N–H and O–H groups in total. The van der Waals surface area contributed by atoms with Gasteiger partial charge < -0.3 is 4.90 Å². The fraction of sp³-hybridized carbons (Fsp3) is 0.625. The van der Waals surface area contributed by atoms with Crippen molar-refractivity contribution in [3.63, 3.8) is 0 Å². The Hall–Kier alpha value is -0.530. The van der Waals surface area contributed by atoms with Crippen LogP contribution in [0.4, 0.5) is 0 Å². The molecule has 18 heavy (non-hydrogen) atoms. The van der Waals surface area contributed by atoms with Crippen molar-refractivity contribution in [3.8, 4) is 0 Å². The Morgan fingerprint density at radius 1 is 1.00 bits per heavy atom. The van der Waals surface area contributed by atoms with Crippen molar-refractivity contribution in [3.05, 3.63) is 35.9 Å². The lowest BCUT2D eigenvalue weighted by molar-refractivity contribution is 0.265. The van der Waals surface area contributed by atoms with Crippen LogP contribution in [0.1, 0.15) is 50.5 Å². The minimum absolute atomic E-state index is 0.111. The van der Waals surface area contributed by atoms with Gasteiger partial charge in [0.25, 0.3) is 0 Å². The molecule has 0 aliphatic carbocycles. The van der Waals surface area contributed by atoms with Gasteiger partial charge in [-0.15, -0.1) is 11.6 Å². The number of nitrogens with zero attached hydrogens (tertiary/aromatic N) is 1. The lowest BCUT2D eigenvalue weighted by Crippen LogP contribution is -2.29. The van der Waals surface area contributed by atoms with Crippen LogP contribution < -0.4 is 0 Å². The molecule has 2 heteroatoms. The highest BCUT2D eigenvalue weighted by Gasteiger charge is 2.12. The molecule has 102 valence electrons. The van der Waals surface area contributed by atoms with Crippen LogP contribution in [0.2, 0.25) is 0 Å². The lowest BCUT2D eigenvalue weighted by Gasteiger charge is -2.24. The standard InChI is InChI=1S/C16H26ClN/c1-3-5-12-18(13-6-4-2)14-16(17)15-10-8-7-9-11-15/h7-11,16H,3-6,12-14H2,1-2H3. The van der Waals surface area contributed by atoms with Crippen LogP contribution in [0.15, 0.2) is 30.3 Å². The van der Waals surface area contributed by atoms with Gasteiger partial charge in [-0.3, -0.25) is 0 Å². The number of unbranched alkanes of at least 4 members (excludes halogenated alkanes) is 2. The van der Waals surface area contributed by atoms with Crippen molar-refractivity contribution in [2.24, 2.45) is 0 Å². The largest absolute Gasteiger partial charge is 0.302 e. The van der Waals surface area contributed by atoms with Crippen LogP contribution in [0.5, 0.6) is 0 Å². The van der Waals surface area contributed by atoms with Gasteiger partial charge in [0.05, 0.1) is 5.38 Å². The van der Waals surface area contributed by atoms with E-state index in [-0.39, 0.29) is 5.38 Å². The van der Waals surface area contributed by atoms with Crippen LogP contribution in [0.25, 0.3) is 0 Å². The normalized spacial score (nSPS) is 12.9. The number of hydrogen-bond acceptors (Lipinski definition) is 1. The van der Waals surface area contributed by atoms with Gasteiger partial charge in [0.2, 0.25) is 0 Å². The van der Waals surface area contributed by atoms with E-state index in [4.69, 9.17) is 11.6 Å². The summed E-state index contributed by atoms with van der Waals surface area (Å²) in [5, 5.41) is 0.111. The second-order valence-corrected chi connectivity index (χ2v) is 5.41. The fourth-order valence-corrected chi connectivity index (χ4v) is 2.39. The molecule has 0 heterocycles. The number of halogens is 1. The van der Waals surface area contributed by atoms with Gasteiger partial charge in [-0.05, 0) is 31.5 Å². The van der Waals surface area contributed by atoms with Crippen molar-refractivity contribution in [1.82, 2.24) is 4.90 Å². The molecule has 1 atom stereocenters. The summed E-state index contributed by atoms with van der Waals surface area (Å²) in [5.41, 5.74) is 1.23. The zero-order valence-corrected chi connectivity index (χ0v) is 12.5. The summed E-state index contributed by atoms with van der Waals surface area (Å²) in [6.07, 6.45) is 5.03. The first-order valence-electron chi connectivity index (χ1n) is 7.19. The van der Waals surface area contributed by atoms with Gasteiger partial charge in [-0.2, -0.15) is 0 Å². The van der Waals surface area contributed by atoms with E-state index in [9.17, 15) is 0 Å². The maximum Gasteiger partial charge on any atom is 0.0712 e. The Kier molecular flexibility index (Phi) is 8.11. The highest BCUT2D eigenvalue weighted by molar-refractivity contribution is 6.21. The Labute approximate surface area is 117 Å². The molecule has 1 nitrogen and oxygen atoms in total. The molecular formula is C16H26ClN. The topological polar surface area (TPSA) is 3.24 Å². The summed E-state index contributed by atoms with van der Waals surface area (Å²) in [7, 11) is 0. The van der Waals surface area contributed by atoms with Crippen LogP contribution in [0.3, 0.4) is 0 Å². The third-order valence-electron chi connectivity index (χ3n) is 3.24. The van der Waals surface area contributed by atoms with Crippen molar-refractivity contribution in [1.29, 1.82) is 0 Å². The molecule has 0 bridgehead atoms. The zero-order chi connectivity index (χ0) is 13.2. The summed E-state index contributed by atoms with van der Waals surface area (Å²) in [6.45, 7) is 7.80. The Bertz CT molecular complexity index is 291. The lowest BCUT2D eigenvalue weighted by atomic mass is 10.1. The Balaban J connectivity index is 2.47. The minimum atomic E-state index is 0.111. The third-order valence-corrected chi connectivity index (χ3v) is 3.63. The van der Waals surface area contributed by atoms with E-state index in [0.717, 1.165) is 6.54 Å². The third kappa shape index (κ3) is 5.88. The van der Waals surface area contributed by atoms with E-state index in [0.29, 0.717) is 0 Å². The Morgan fingerprint density at radius 3 is 2.06 bits per heavy atom. The van der Waals surface area contributed by atoms with E-state index >= 15 is 0 Å². The van der Waals surface area contributed by atoms with Gasteiger partial charge in [0.15, 0.2) is 0 Å². The van der Waals surface area contributed by atoms with Gasteiger partial charge >= 0.3 is 0 Å². The second kappa shape index (κ2) is 9.41. The molecule has 0 saturated carbocycles. The van der Waals surface area contributed by atoms with Gasteiger partial charge in [-0.1, -0.05) is 57.0 Å². The summed E-state index contributed by atoms with van der Waals surface area (Å²) in [6, 6.07) is 10.4. The zero-order valence-electron chi connectivity index (χ0n) is 11.7. The first kappa shape index (κ1) is 15.5. The molecule has 1 aromatic rings. The molecular weight excluding hydrogens is 242 g/mol. The highest BCUT2D eigenvalue weighted by atomic mass is 35.5. The van der Waals surface area contributed by atoms with Crippen LogP contribution >= 0.6 is 11.6 Å². The highest BCUT2D eigenvalue weighted by Crippen LogP contribution is 2.21. The van der Waals surface area contributed by atoms with Crippen LogP contribution in [-0.4, -0.2) is 24.5 Å². The predicted octanol–water partition coefficient (Wildman–Crippen LogP) is 4.87. The molecule has 0 saturated heterocycles. The molecule has 0 radical (unpaired) electrons. The van der Waals surface area contributed by atoms with Gasteiger partial charge in [0.1, 0.15) is 0 Å².